The summed E-state index contributed by atoms with van der Waals surface area (Å²) in [7, 11) is 2.08. The predicted molar refractivity (Wildman–Crippen MR) is 128 cm³/mol. The van der Waals surface area contributed by atoms with Crippen molar-refractivity contribution in [2.45, 2.75) is 49.0 Å². The second kappa shape index (κ2) is 10.1. The van der Waals surface area contributed by atoms with E-state index < -0.39 is 11.7 Å². The van der Waals surface area contributed by atoms with Crippen molar-refractivity contribution >= 4 is 17.4 Å². The summed E-state index contributed by atoms with van der Waals surface area (Å²) in [6, 6.07) is 6.06. The number of rotatable bonds is 7. The van der Waals surface area contributed by atoms with Crippen molar-refractivity contribution in [1.29, 1.82) is 0 Å². The van der Waals surface area contributed by atoms with E-state index in [0.717, 1.165) is 87.4 Å². The molecule has 10 heteroatoms. The zero-order valence-corrected chi connectivity index (χ0v) is 20.4. The van der Waals surface area contributed by atoms with E-state index in [0.29, 0.717) is 17.9 Å². The van der Waals surface area contributed by atoms with Crippen LogP contribution in [0.4, 0.5) is 18.9 Å². The van der Waals surface area contributed by atoms with Crippen molar-refractivity contribution in [1.82, 2.24) is 25.0 Å². The Kier molecular flexibility index (Phi) is 7.09. The molecule has 0 radical (unpaired) electrons. The van der Waals surface area contributed by atoms with Crippen LogP contribution >= 0.6 is 11.8 Å². The molecule has 3 aliphatic rings. The summed E-state index contributed by atoms with van der Waals surface area (Å²) in [5.74, 6) is 3.22. The molecule has 0 amide bonds. The molecule has 1 aromatic heterocycles. The number of piperidine rings is 1. The number of halogens is 3. The second-order valence-electron chi connectivity index (χ2n) is 9.74. The van der Waals surface area contributed by atoms with Crippen molar-refractivity contribution < 1.29 is 13.2 Å². The van der Waals surface area contributed by atoms with Gasteiger partial charge in [-0.25, -0.2) is 0 Å². The highest BCUT2D eigenvalue weighted by atomic mass is 32.2. The number of thioether (sulfide) groups is 1. The smallest absolute Gasteiger partial charge is 0.367 e. The van der Waals surface area contributed by atoms with Crippen LogP contribution in [0.15, 0.2) is 29.4 Å². The monoisotopic (exact) mass is 494 g/mol. The van der Waals surface area contributed by atoms with Gasteiger partial charge < -0.3 is 19.7 Å². The van der Waals surface area contributed by atoms with Crippen LogP contribution in [0.1, 0.15) is 43.0 Å². The van der Waals surface area contributed by atoms with E-state index in [2.05, 4.69) is 36.9 Å². The highest BCUT2D eigenvalue weighted by molar-refractivity contribution is 7.99. The minimum atomic E-state index is -4.28. The van der Waals surface area contributed by atoms with Gasteiger partial charge in [-0.2, -0.15) is 13.2 Å². The molecule has 3 fully saturated rings. The van der Waals surface area contributed by atoms with Gasteiger partial charge in [0.05, 0.1) is 5.56 Å². The molecule has 0 spiro atoms. The molecule has 2 atom stereocenters. The third-order valence-electron chi connectivity index (χ3n) is 7.57. The van der Waals surface area contributed by atoms with Gasteiger partial charge in [0, 0.05) is 50.1 Å². The van der Waals surface area contributed by atoms with Gasteiger partial charge in [0.1, 0.15) is 5.82 Å². The number of hydrogen-bond acceptors (Lipinski definition) is 6. The number of fused-ring (bicyclic) bond motifs is 1. The lowest BCUT2D eigenvalue weighted by Crippen LogP contribution is -2.35. The Morgan fingerprint density at radius 3 is 2.56 bits per heavy atom. The van der Waals surface area contributed by atoms with Gasteiger partial charge in [-0.05, 0) is 75.5 Å². The quantitative estimate of drug-likeness (QED) is 0.464. The lowest BCUT2D eigenvalue weighted by molar-refractivity contribution is -0.137. The molecule has 2 unspecified atom stereocenters. The third kappa shape index (κ3) is 5.09. The van der Waals surface area contributed by atoms with Crippen LogP contribution in [0.25, 0.3) is 0 Å². The standard InChI is InChI=1S/C24H33F3N6S/c1-31-22(17-7-10-28-11-8-17)29-30-23(31)34-14-2-12-32-15-18-9-13-33(21(18)16-32)20-5-3-19(4-6-20)24(25,26)27/h3-6,17-18,21,28H,2,7-16H2,1H3. The maximum atomic E-state index is 12.9. The molecule has 5 rings (SSSR count). The molecule has 0 aliphatic carbocycles. The molecule has 3 aliphatic heterocycles. The first kappa shape index (κ1) is 23.9. The van der Waals surface area contributed by atoms with Crippen molar-refractivity contribution in [2.24, 2.45) is 13.0 Å². The lowest BCUT2D eigenvalue weighted by Gasteiger charge is -2.27. The van der Waals surface area contributed by atoms with Crippen molar-refractivity contribution in [3.8, 4) is 0 Å². The lowest BCUT2D eigenvalue weighted by atomic mass is 9.97. The van der Waals surface area contributed by atoms with Crippen LogP contribution in [-0.2, 0) is 13.2 Å². The van der Waals surface area contributed by atoms with E-state index in [4.69, 9.17) is 0 Å². The molecule has 3 saturated heterocycles. The molecule has 2 aromatic rings. The highest BCUT2D eigenvalue weighted by Crippen LogP contribution is 2.37. The summed E-state index contributed by atoms with van der Waals surface area (Å²) in [5.41, 5.74) is 0.327. The highest BCUT2D eigenvalue weighted by Gasteiger charge is 2.41. The first-order chi connectivity index (χ1) is 16.4. The van der Waals surface area contributed by atoms with Gasteiger partial charge in [-0.3, -0.25) is 0 Å². The number of likely N-dealkylation sites (tertiary alicyclic amines) is 1. The molecule has 34 heavy (non-hydrogen) atoms. The molecule has 4 heterocycles. The largest absolute Gasteiger partial charge is 0.416 e. The number of alkyl halides is 3. The van der Waals surface area contributed by atoms with E-state index in [1.807, 2.05) is 0 Å². The SMILES string of the molecule is Cn1c(SCCCN2CC3CCN(c4ccc(C(F)(F)F)cc4)C3C2)nnc1C1CCNCC1. The van der Waals surface area contributed by atoms with Crippen LogP contribution in [-0.4, -0.2) is 70.7 Å². The molecule has 0 saturated carbocycles. The number of anilines is 1. The topological polar surface area (TPSA) is 49.2 Å². The number of nitrogens with one attached hydrogen (secondary N) is 1. The van der Waals surface area contributed by atoms with Gasteiger partial charge in [0.2, 0.25) is 0 Å². The maximum absolute atomic E-state index is 12.9. The molecule has 0 bridgehead atoms. The molecule has 1 N–H and O–H groups in total. The normalized spacial score (nSPS) is 24.2. The summed E-state index contributed by atoms with van der Waals surface area (Å²) >= 11 is 1.78. The minimum Gasteiger partial charge on any atom is -0.367 e. The Bertz CT molecular complexity index is 957. The van der Waals surface area contributed by atoms with E-state index in [1.54, 1.807) is 23.9 Å². The Labute approximate surface area is 203 Å². The Hall–Kier alpha value is -1.78. The van der Waals surface area contributed by atoms with Crippen LogP contribution < -0.4 is 10.2 Å². The Morgan fingerprint density at radius 1 is 1.06 bits per heavy atom. The average Bonchev–Trinajstić information content (AvgIpc) is 3.51. The van der Waals surface area contributed by atoms with E-state index in [-0.39, 0.29) is 0 Å². The first-order valence-electron chi connectivity index (χ1n) is 12.3. The van der Waals surface area contributed by atoms with Gasteiger partial charge in [-0.1, -0.05) is 11.8 Å². The van der Waals surface area contributed by atoms with E-state index >= 15 is 0 Å². The Morgan fingerprint density at radius 2 is 1.82 bits per heavy atom. The zero-order chi connectivity index (χ0) is 23.7. The maximum Gasteiger partial charge on any atom is 0.416 e. The summed E-state index contributed by atoms with van der Waals surface area (Å²) < 4.78 is 40.9. The Balaban J connectivity index is 1.09. The van der Waals surface area contributed by atoms with Crippen LogP contribution in [0.5, 0.6) is 0 Å². The number of aromatic nitrogens is 3. The second-order valence-corrected chi connectivity index (χ2v) is 10.8. The van der Waals surface area contributed by atoms with Crippen molar-refractivity contribution in [2.75, 3.05) is 49.9 Å². The van der Waals surface area contributed by atoms with Crippen LogP contribution in [0, 0.1) is 5.92 Å². The van der Waals surface area contributed by atoms with E-state index in [1.165, 1.54) is 12.1 Å². The van der Waals surface area contributed by atoms with Crippen molar-refractivity contribution in [3.63, 3.8) is 0 Å². The van der Waals surface area contributed by atoms with Gasteiger partial charge in [0.25, 0.3) is 0 Å². The number of hydrogen-bond donors (Lipinski definition) is 1. The summed E-state index contributed by atoms with van der Waals surface area (Å²) in [6.07, 6.45) is 0.151. The molecular formula is C24H33F3N6S. The number of nitrogens with zero attached hydrogens (tertiary/aromatic N) is 5. The van der Waals surface area contributed by atoms with Gasteiger partial charge in [-0.15, -0.1) is 10.2 Å². The summed E-state index contributed by atoms with van der Waals surface area (Å²) in [6.45, 7) is 6.13. The fourth-order valence-corrected chi connectivity index (χ4v) is 6.57. The van der Waals surface area contributed by atoms with Crippen LogP contribution in [0.2, 0.25) is 0 Å². The molecule has 186 valence electrons. The molecule has 6 nitrogen and oxygen atoms in total. The minimum absolute atomic E-state index is 0.399. The van der Waals surface area contributed by atoms with Crippen molar-refractivity contribution in [3.05, 3.63) is 35.7 Å². The van der Waals surface area contributed by atoms with E-state index in [9.17, 15) is 13.2 Å². The fraction of sp³-hybridized carbons (Fsp3) is 0.667. The number of benzene rings is 1. The van der Waals surface area contributed by atoms with Gasteiger partial charge in [0.15, 0.2) is 5.16 Å². The summed E-state index contributed by atoms with van der Waals surface area (Å²) in [5, 5.41) is 13.3. The molecule has 1 aromatic carbocycles. The fourth-order valence-electron chi connectivity index (χ4n) is 5.73. The summed E-state index contributed by atoms with van der Waals surface area (Å²) in [4.78, 5) is 4.82. The van der Waals surface area contributed by atoms with Gasteiger partial charge >= 0.3 is 6.18 Å². The zero-order valence-electron chi connectivity index (χ0n) is 19.6. The molecular weight excluding hydrogens is 461 g/mol. The van der Waals surface area contributed by atoms with Crippen LogP contribution in [0.3, 0.4) is 0 Å². The third-order valence-corrected chi connectivity index (χ3v) is 8.68. The predicted octanol–water partition coefficient (Wildman–Crippen LogP) is 3.99. The average molecular weight is 495 g/mol. The first-order valence-corrected chi connectivity index (χ1v) is 13.3.